The number of nitrogens with zero attached hydrogens (tertiary/aromatic N) is 2. The van der Waals surface area contributed by atoms with Crippen LogP contribution in [0.1, 0.15) is 41.2 Å². The van der Waals surface area contributed by atoms with Crippen molar-refractivity contribution in [3.63, 3.8) is 0 Å². The molecule has 0 aromatic carbocycles. The highest BCUT2D eigenvalue weighted by Gasteiger charge is 2.27. The number of ether oxygens (including phenoxy) is 3. The van der Waals surface area contributed by atoms with Gasteiger partial charge in [0.2, 0.25) is 5.69 Å². The SMILES string of the molecule is CCOC(=O)C[C@@H](NC(=O)c1ncc[nH]c1=O)C(=O)OCC.COC(=O)c1ncc[nH]c1=O. The predicted octanol–water partition coefficient (Wildman–Crippen LogP) is -1.06. The molecule has 0 aliphatic heterocycles. The molecule has 0 aliphatic carbocycles. The summed E-state index contributed by atoms with van der Waals surface area (Å²) in [6.07, 6.45) is 4.74. The lowest BCUT2D eigenvalue weighted by Gasteiger charge is -2.16. The maximum absolute atomic E-state index is 12.0. The average Bonchev–Trinajstić information content (AvgIpc) is 2.79. The molecule has 1 atom stereocenters. The average molecular weight is 465 g/mol. The van der Waals surface area contributed by atoms with Gasteiger partial charge < -0.3 is 29.5 Å². The molecular weight excluding hydrogens is 442 g/mol. The van der Waals surface area contributed by atoms with Crippen molar-refractivity contribution in [1.82, 2.24) is 25.3 Å². The lowest BCUT2D eigenvalue weighted by atomic mass is 10.2. The second-order valence-electron chi connectivity index (χ2n) is 5.81. The highest BCUT2D eigenvalue weighted by molar-refractivity contribution is 5.96. The summed E-state index contributed by atoms with van der Waals surface area (Å²) in [6, 6.07) is -1.26. The van der Waals surface area contributed by atoms with Gasteiger partial charge in [0.25, 0.3) is 17.0 Å². The number of methoxy groups -OCH3 is 1. The molecule has 0 unspecified atom stereocenters. The quantitative estimate of drug-likeness (QED) is 0.317. The van der Waals surface area contributed by atoms with Crippen molar-refractivity contribution in [2.24, 2.45) is 0 Å². The Morgan fingerprint density at radius 1 is 0.939 bits per heavy atom. The Balaban J connectivity index is 0.000000412. The molecule has 3 N–H and O–H groups in total. The standard InChI is InChI=1S/C13H17N3O6.C6H6N2O3/c1-3-21-9(17)7-8(13(20)22-4-2)16-12(19)10-11(18)15-6-5-14-10;1-11-6(10)4-5(9)8-3-2-7-4/h5-6,8H,3-4,7H2,1-2H3,(H,15,18)(H,16,19);2-3H,1H3,(H,8,9)/t8-;/m1./s1. The van der Waals surface area contributed by atoms with E-state index in [1.807, 2.05) is 0 Å². The van der Waals surface area contributed by atoms with Gasteiger partial charge in [0.05, 0.1) is 26.7 Å². The van der Waals surface area contributed by atoms with Crippen molar-refractivity contribution < 1.29 is 33.4 Å². The Morgan fingerprint density at radius 3 is 1.97 bits per heavy atom. The fourth-order valence-corrected chi connectivity index (χ4v) is 2.16. The van der Waals surface area contributed by atoms with E-state index in [0.29, 0.717) is 0 Å². The number of amides is 1. The minimum absolute atomic E-state index is 0.0815. The van der Waals surface area contributed by atoms with E-state index < -0.39 is 53.1 Å². The summed E-state index contributed by atoms with van der Waals surface area (Å²) in [5, 5.41) is 2.25. The van der Waals surface area contributed by atoms with Crippen molar-refractivity contribution in [3.8, 4) is 0 Å². The molecule has 2 aromatic heterocycles. The van der Waals surface area contributed by atoms with Gasteiger partial charge in [-0.15, -0.1) is 0 Å². The zero-order valence-corrected chi connectivity index (χ0v) is 18.1. The number of H-pyrrole nitrogens is 2. The number of esters is 3. The van der Waals surface area contributed by atoms with E-state index in [0.717, 1.165) is 0 Å². The van der Waals surface area contributed by atoms with Gasteiger partial charge in [0.15, 0.2) is 5.69 Å². The first-order valence-electron chi connectivity index (χ1n) is 9.53. The molecule has 2 heterocycles. The first-order chi connectivity index (χ1) is 15.7. The molecule has 0 saturated heterocycles. The molecule has 0 fully saturated rings. The van der Waals surface area contributed by atoms with Crippen LogP contribution >= 0.6 is 0 Å². The van der Waals surface area contributed by atoms with Gasteiger partial charge in [-0.25, -0.2) is 19.6 Å². The molecule has 0 bridgehead atoms. The summed E-state index contributed by atoms with van der Waals surface area (Å²) >= 11 is 0. The maximum atomic E-state index is 12.0. The number of hydrogen-bond donors (Lipinski definition) is 3. The Bertz CT molecular complexity index is 1080. The summed E-state index contributed by atoms with van der Waals surface area (Å²) < 4.78 is 13.8. The van der Waals surface area contributed by atoms with Gasteiger partial charge in [-0.05, 0) is 13.8 Å². The molecule has 178 valence electrons. The summed E-state index contributed by atoms with van der Waals surface area (Å²) in [5.74, 6) is -3.08. The Kier molecular flexibility index (Phi) is 11.2. The molecule has 14 nitrogen and oxygen atoms in total. The third-order valence-electron chi connectivity index (χ3n) is 3.56. The number of carbonyl (C=O) groups is 4. The van der Waals surface area contributed by atoms with Gasteiger partial charge in [-0.1, -0.05) is 0 Å². The third kappa shape index (κ3) is 8.72. The Hall–Kier alpha value is -4.36. The van der Waals surface area contributed by atoms with Crippen LogP contribution in [0.4, 0.5) is 0 Å². The van der Waals surface area contributed by atoms with Crippen molar-refractivity contribution in [2.45, 2.75) is 26.3 Å². The van der Waals surface area contributed by atoms with Crippen molar-refractivity contribution in [1.29, 1.82) is 0 Å². The number of hydrogen-bond acceptors (Lipinski definition) is 11. The van der Waals surface area contributed by atoms with E-state index in [1.54, 1.807) is 13.8 Å². The lowest BCUT2D eigenvalue weighted by molar-refractivity contribution is -0.152. The van der Waals surface area contributed by atoms with Gasteiger partial charge in [-0.3, -0.25) is 19.2 Å². The molecule has 2 rings (SSSR count). The van der Waals surface area contributed by atoms with Gasteiger partial charge in [0.1, 0.15) is 6.04 Å². The summed E-state index contributed by atoms with van der Waals surface area (Å²) in [7, 11) is 1.19. The van der Waals surface area contributed by atoms with E-state index in [9.17, 15) is 28.8 Å². The van der Waals surface area contributed by atoms with Crippen molar-refractivity contribution in [3.05, 3.63) is 56.9 Å². The van der Waals surface area contributed by atoms with E-state index in [-0.39, 0.29) is 18.9 Å². The van der Waals surface area contributed by atoms with Crippen LogP contribution in [0.3, 0.4) is 0 Å². The van der Waals surface area contributed by atoms with Gasteiger partial charge in [0, 0.05) is 24.8 Å². The lowest BCUT2D eigenvalue weighted by Crippen LogP contribution is -2.45. The predicted molar refractivity (Wildman–Crippen MR) is 110 cm³/mol. The molecule has 0 aliphatic rings. The van der Waals surface area contributed by atoms with Crippen LogP contribution in [0, 0.1) is 0 Å². The minimum atomic E-state index is -1.26. The fourth-order valence-electron chi connectivity index (χ4n) is 2.16. The summed E-state index contributed by atoms with van der Waals surface area (Å²) in [5.41, 5.74) is -1.89. The second-order valence-corrected chi connectivity index (χ2v) is 5.81. The Morgan fingerprint density at radius 2 is 1.48 bits per heavy atom. The molecule has 2 aromatic rings. The van der Waals surface area contributed by atoms with Crippen molar-refractivity contribution in [2.75, 3.05) is 20.3 Å². The molecular formula is C19H23N5O9. The number of nitrogens with one attached hydrogen (secondary N) is 3. The molecule has 0 radical (unpaired) electrons. The molecule has 14 heteroatoms. The molecule has 1 amide bonds. The van der Waals surface area contributed by atoms with E-state index in [2.05, 4.69) is 30.0 Å². The van der Waals surface area contributed by atoms with E-state index >= 15 is 0 Å². The molecule has 0 saturated carbocycles. The summed E-state index contributed by atoms with van der Waals surface area (Å²) in [4.78, 5) is 80.0. The second kappa shape index (κ2) is 13.8. The Labute approximate surface area is 186 Å². The fraction of sp³-hybridized carbons (Fsp3) is 0.368. The number of carbonyl (C=O) groups excluding carboxylic acids is 4. The first kappa shape index (κ1) is 26.7. The van der Waals surface area contributed by atoms with Crippen LogP contribution in [-0.2, 0) is 23.8 Å². The van der Waals surface area contributed by atoms with Crippen LogP contribution in [0.2, 0.25) is 0 Å². The minimum Gasteiger partial charge on any atom is -0.466 e. The van der Waals surface area contributed by atoms with Gasteiger partial charge in [-0.2, -0.15) is 0 Å². The zero-order valence-electron chi connectivity index (χ0n) is 18.1. The first-order valence-corrected chi connectivity index (χ1v) is 9.53. The molecule has 0 spiro atoms. The highest BCUT2D eigenvalue weighted by atomic mass is 16.5. The summed E-state index contributed by atoms with van der Waals surface area (Å²) in [6.45, 7) is 3.42. The van der Waals surface area contributed by atoms with E-state index in [1.165, 1.54) is 31.9 Å². The van der Waals surface area contributed by atoms with Crippen LogP contribution in [0.5, 0.6) is 0 Å². The van der Waals surface area contributed by atoms with Crippen molar-refractivity contribution >= 4 is 23.8 Å². The number of aromatic amines is 2. The number of rotatable bonds is 8. The normalized spacial score (nSPS) is 10.6. The largest absolute Gasteiger partial charge is 0.466 e. The topological polar surface area (TPSA) is 199 Å². The van der Waals surface area contributed by atoms with Crippen LogP contribution in [-0.4, -0.2) is 70.1 Å². The third-order valence-corrected chi connectivity index (χ3v) is 3.56. The highest BCUT2D eigenvalue weighted by Crippen LogP contribution is 2.00. The number of aromatic nitrogens is 4. The van der Waals surface area contributed by atoms with Crippen LogP contribution in [0.25, 0.3) is 0 Å². The molecule has 33 heavy (non-hydrogen) atoms. The van der Waals surface area contributed by atoms with Crippen LogP contribution < -0.4 is 16.4 Å². The maximum Gasteiger partial charge on any atom is 0.362 e. The zero-order chi connectivity index (χ0) is 24.8. The van der Waals surface area contributed by atoms with Gasteiger partial charge >= 0.3 is 17.9 Å². The monoisotopic (exact) mass is 465 g/mol. The smallest absolute Gasteiger partial charge is 0.362 e. The van der Waals surface area contributed by atoms with E-state index in [4.69, 9.17) is 9.47 Å². The van der Waals surface area contributed by atoms with Crippen LogP contribution in [0.15, 0.2) is 34.4 Å².